The smallest absolute Gasteiger partial charge is 0.257 e. The van der Waals surface area contributed by atoms with Crippen LogP contribution in [0.3, 0.4) is 0 Å². The van der Waals surface area contributed by atoms with E-state index in [0.29, 0.717) is 37.2 Å². The number of hydrogen-bond acceptors (Lipinski definition) is 6. The van der Waals surface area contributed by atoms with Gasteiger partial charge in [0.25, 0.3) is 5.91 Å². The molecule has 0 atom stereocenters. The van der Waals surface area contributed by atoms with Crippen LogP contribution in [0.2, 0.25) is 0 Å². The van der Waals surface area contributed by atoms with E-state index in [1.807, 2.05) is 0 Å². The van der Waals surface area contributed by atoms with Crippen molar-refractivity contribution in [3.05, 3.63) is 36.2 Å². The Morgan fingerprint density at radius 2 is 1.92 bits per heavy atom. The molecule has 134 valence electrons. The van der Waals surface area contributed by atoms with Gasteiger partial charge in [-0.3, -0.25) is 4.79 Å². The third-order valence-electron chi connectivity index (χ3n) is 4.43. The van der Waals surface area contributed by atoms with Crippen molar-refractivity contribution >= 4 is 15.7 Å². The predicted octanol–water partition coefficient (Wildman–Crippen LogP) is 0.902. The number of methoxy groups -OCH3 is 1. The maximum atomic E-state index is 12.7. The SMILES string of the molecule is COc1ccccc1C(=O)N1CCC(S(=O)(=O)c2nncn2C)CC1. The lowest BCUT2D eigenvalue weighted by molar-refractivity contribution is 0.0722. The highest BCUT2D eigenvalue weighted by atomic mass is 32.2. The van der Waals surface area contributed by atoms with Gasteiger partial charge in [-0.2, -0.15) is 0 Å². The molecule has 0 bridgehead atoms. The molecule has 0 saturated carbocycles. The Labute approximate surface area is 146 Å². The van der Waals surface area contributed by atoms with Gasteiger partial charge in [0, 0.05) is 20.1 Å². The van der Waals surface area contributed by atoms with Gasteiger partial charge in [-0.05, 0) is 25.0 Å². The second-order valence-corrected chi connectivity index (χ2v) is 8.08. The number of nitrogens with zero attached hydrogens (tertiary/aromatic N) is 4. The van der Waals surface area contributed by atoms with Gasteiger partial charge in [-0.25, -0.2) is 8.42 Å². The molecule has 0 N–H and O–H groups in total. The highest BCUT2D eigenvalue weighted by molar-refractivity contribution is 7.91. The fourth-order valence-corrected chi connectivity index (χ4v) is 4.78. The molecule has 9 heteroatoms. The van der Waals surface area contributed by atoms with Crippen molar-refractivity contribution in [3.63, 3.8) is 0 Å². The first-order valence-electron chi connectivity index (χ1n) is 7.95. The minimum Gasteiger partial charge on any atom is -0.496 e. The summed E-state index contributed by atoms with van der Waals surface area (Å²) in [5.74, 6) is 0.369. The highest BCUT2D eigenvalue weighted by Gasteiger charge is 2.35. The first kappa shape index (κ1) is 17.4. The Morgan fingerprint density at radius 3 is 2.52 bits per heavy atom. The molecule has 8 nitrogen and oxygen atoms in total. The number of aryl methyl sites for hydroxylation is 1. The van der Waals surface area contributed by atoms with E-state index in [0.717, 1.165) is 0 Å². The summed E-state index contributed by atoms with van der Waals surface area (Å²) < 4.78 is 32.0. The van der Waals surface area contributed by atoms with Crippen molar-refractivity contribution in [1.29, 1.82) is 0 Å². The Morgan fingerprint density at radius 1 is 1.24 bits per heavy atom. The lowest BCUT2D eigenvalue weighted by Crippen LogP contribution is -2.43. The molecule has 25 heavy (non-hydrogen) atoms. The second kappa shape index (κ2) is 6.83. The topological polar surface area (TPSA) is 94.4 Å². The Bertz CT molecular complexity index is 870. The van der Waals surface area contributed by atoms with Crippen LogP contribution >= 0.6 is 0 Å². The van der Waals surface area contributed by atoms with E-state index >= 15 is 0 Å². The van der Waals surface area contributed by atoms with E-state index in [9.17, 15) is 13.2 Å². The molecule has 0 unspecified atom stereocenters. The number of sulfone groups is 1. The summed E-state index contributed by atoms with van der Waals surface area (Å²) >= 11 is 0. The number of carbonyl (C=O) groups excluding carboxylic acids is 1. The predicted molar refractivity (Wildman–Crippen MR) is 90.1 cm³/mol. The van der Waals surface area contributed by atoms with Crippen LogP contribution in [0.15, 0.2) is 35.7 Å². The molecular formula is C16H20N4O4S. The minimum atomic E-state index is -3.55. The molecule has 2 aromatic rings. The van der Waals surface area contributed by atoms with Crippen molar-refractivity contribution in [3.8, 4) is 5.75 Å². The summed E-state index contributed by atoms with van der Waals surface area (Å²) in [4.78, 5) is 14.4. The number of carbonyl (C=O) groups is 1. The molecule has 0 spiro atoms. The largest absolute Gasteiger partial charge is 0.496 e. The summed E-state index contributed by atoms with van der Waals surface area (Å²) in [6, 6.07) is 7.03. The van der Waals surface area contributed by atoms with Crippen LogP contribution in [0.25, 0.3) is 0 Å². The minimum absolute atomic E-state index is 0.0259. The van der Waals surface area contributed by atoms with Crippen molar-refractivity contribution in [1.82, 2.24) is 19.7 Å². The van der Waals surface area contributed by atoms with Crippen molar-refractivity contribution in [2.45, 2.75) is 23.2 Å². The summed E-state index contributed by atoms with van der Waals surface area (Å²) in [5.41, 5.74) is 0.486. The molecule has 1 saturated heterocycles. The van der Waals surface area contributed by atoms with Gasteiger partial charge in [-0.1, -0.05) is 12.1 Å². The third-order valence-corrected chi connectivity index (χ3v) is 6.66. The molecule has 0 aliphatic carbocycles. The fraction of sp³-hybridized carbons (Fsp3) is 0.438. The van der Waals surface area contributed by atoms with Gasteiger partial charge in [0.2, 0.25) is 15.0 Å². The van der Waals surface area contributed by atoms with Crippen LogP contribution in [0, 0.1) is 0 Å². The van der Waals surface area contributed by atoms with Crippen LogP contribution in [0.1, 0.15) is 23.2 Å². The van der Waals surface area contributed by atoms with E-state index in [1.54, 1.807) is 36.2 Å². The molecule has 1 aliphatic heterocycles. The zero-order valence-corrected chi connectivity index (χ0v) is 14.9. The zero-order chi connectivity index (χ0) is 18.0. The number of aromatic nitrogens is 3. The van der Waals surface area contributed by atoms with Crippen LogP contribution < -0.4 is 4.74 Å². The molecule has 1 aromatic heterocycles. The van der Waals surface area contributed by atoms with E-state index in [-0.39, 0.29) is 11.1 Å². The van der Waals surface area contributed by atoms with Gasteiger partial charge in [0.15, 0.2) is 0 Å². The van der Waals surface area contributed by atoms with Gasteiger partial charge in [0.05, 0.1) is 17.9 Å². The number of piperidine rings is 1. The second-order valence-electron chi connectivity index (χ2n) is 5.96. The molecule has 1 amide bonds. The number of benzene rings is 1. The third kappa shape index (κ3) is 3.23. The average molecular weight is 364 g/mol. The average Bonchev–Trinajstić information content (AvgIpc) is 3.08. The van der Waals surface area contributed by atoms with E-state index in [2.05, 4.69) is 10.2 Å². The number of likely N-dealkylation sites (tertiary alicyclic amines) is 1. The van der Waals surface area contributed by atoms with Crippen LogP contribution in [0.5, 0.6) is 5.75 Å². The summed E-state index contributed by atoms with van der Waals surface area (Å²) in [5, 5.41) is 6.77. The van der Waals surface area contributed by atoms with Crippen molar-refractivity contribution in [2.24, 2.45) is 7.05 Å². The molecule has 3 rings (SSSR count). The van der Waals surface area contributed by atoms with Crippen LogP contribution in [0.4, 0.5) is 0 Å². The van der Waals surface area contributed by atoms with Gasteiger partial charge >= 0.3 is 0 Å². The molecule has 2 heterocycles. The normalized spacial score (nSPS) is 16.0. The molecule has 1 fully saturated rings. The number of rotatable bonds is 4. The van der Waals surface area contributed by atoms with E-state index in [4.69, 9.17) is 4.74 Å². The number of hydrogen-bond donors (Lipinski definition) is 0. The Hall–Kier alpha value is -2.42. The monoisotopic (exact) mass is 364 g/mol. The number of para-hydroxylation sites is 1. The standard InChI is InChI=1S/C16H20N4O4S/c1-19-11-17-18-16(19)25(22,23)12-7-9-20(10-8-12)15(21)13-5-3-4-6-14(13)24-2/h3-6,11-12H,7-10H2,1-2H3. The lowest BCUT2D eigenvalue weighted by Gasteiger charge is -2.31. The first-order chi connectivity index (χ1) is 11.9. The molecule has 0 radical (unpaired) electrons. The number of amides is 1. The van der Waals surface area contributed by atoms with E-state index < -0.39 is 15.1 Å². The highest BCUT2D eigenvalue weighted by Crippen LogP contribution is 2.26. The summed E-state index contributed by atoms with van der Waals surface area (Å²) in [6.45, 7) is 0.747. The van der Waals surface area contributed by atoms with E-state index in [1.165, 1.54) is 18.0 Å². The summed E-state index contributed by atoms with van der Waals surface area (Å²) in [6.07, 6.45) is 2.11. The van der Waals surface area contributed by atoms with Gasteiger partial charge in [0.1, 0.15) is 12.1 Å². The zero-order valence-electron chi connectivity index (χ0n) is 14.1. The Kier molecular flexibility index (Phi) is 4.76. The van der Waals surface area contributed by atoms with Gasteiger partial charge in [-0.15, -0.1) is 10.2 Å². The molecule has 1 aromatic carbocycles. The summed E-state index contributed by atoms with van der Waals surface area (Å²) in [7, 11) is -0.425. The number of ether oxygens (including phenoxy) is 1. The molecule has 1 aliphatic rings. The van der Waals surface area contributed by atoms with Crippen molar-refractivity contribution in [2.75, 3.05) is 20.2 Å². The maximum Gasteiger partial charge on any atom is 0.257 e. The first-order valence-corrected chi connectivity index (χ1v) is 9.50. The molecular weight excluding hydrogens is 344 g/mol. The van der Waals surface area contributed by atoms with Crippen molar-refractivity contribution < 1.29 is 17.9 Å². The maximum absolute atomic E-state index is 12.7. The van der Waals surface area contributed by atoms with Gasteiger partial charge < -0.3 is 14.2 Å². The lowest BCUT2D eigenvalue weighted by atomic mass is 10.1. The quantitative estimate of drug-likeness (QED) is 0.800. The van der Waals surface area contributed by atoms with Crippen LogP contribution in [-0.2, 0) is 16.9 Å². The Balaban J connectivity index is 1.72. The van der Waals surface area contributed by atoms with Crippen LogP contribution in [-0.4, -0.2) is 59.4 Å². The fourth-order valence-electron chi connectivity index (χ4n) is 3.04.